The average Bonchev–Trinajstić information content (AvgIpc) is 2.60. The topological polar surface area (TPSA) is 9.23 Å². The molecule has 0 aromatic carbocycles. The molecule has 1 fully saturated rings. The van der Waals surface area contributed by atoms with E-state index in [0.29, 0.717) is 6.61 Å². The van der Waals surface area contributed by atoms with Crippen LogP contribution in [0, 0.1) is 5.92 Å². The van der Waals surface area contributed by atoms with Crippen LogP contribution in [0.2, 0.25) is 18.1 Å². The number of alkyl halides is 3. The van der Waals surface area contributed by atoms with Gasteiger partial charge in [-0.3, -0.25) is 0 Å². The second-order valence-corrected chi connectivity index (χ2v) is 12.6. The lowest BCUT2D eigenvalue weighted by Gasteiger charge is -2.36. The molecule has 18 heavy (non-hydrogen) atoms. The molecule has 1 heterocycles. The van der Waals surface area contributed by atoms with Crippen molar-refractivity contribution in [3.8, 4) is 0 Å². The van der Waals surface area contributed by atoms with Gasteiger partial charge in [-0.05, 0) is 24.6 Å². The van der Waals surface area contributed by atoms with Gasteiger partial charge in [0.2, 0.25) is 0 Å². The summed E-state index contributed by atoms with van der Waals surface area (Å²) in [5.41, 5.74) is 0. The fourth-order valence-electron chi connectivity index (χ4n) is 1.57. The summed E-state index contributed by atoms with van der Waals surface area (Å²) in [4.78, 5) is 0. The van der Waals surface area contributed by atoms with Gasteiger partial charge < -0.3 is 4.43 Å². The molecule has 1 saturated heterocycles. The molecule has 2 atom stereocenters. The molecule has 0 aliphatic carbocycles. The molecule has 1 aliphatic heterocycles. The van der Waals surface area contributed by atoms with Crippen molar-refractivity contribution in [1.82, 2.24) is 0 Å². The number of hydrogen-bond acceptors (Lipinski definition) is 2. The Labute approximate surface area is 113 Å². The van der Waals surface area contributed by atoms with Crippen molar-refractivity contribution in [2.45, 2.75) is 56.8 Å². The normalized spacial score (nSPS) is 26.7. The largest absolute Gasteiger partial charge is 0.416 e. The summed E-state index contributed by atoms with van der Waals surface area (Å²) < 4.78 is 43.6. The number of hydrogen-bond donors (Lipinski definition) is 0. The van der Waals surface area contributed by atoms with Crippen molar-refractivity contribution in [3.05, 3.63) is 0 Å². The third-order valence-electron chi connectivity index (χ3n) is 3.98. The summed E-state index contributed by atoms with van der Waals surface area (Å²) >= 11 is 1.41. The van der Waals surface area contributed by atoms with Crippen LogP contribution < -0.4 is 0 Å². The van der Waals surface area contributed by atoms with Crippen LogP contribution in [0.4, 0.5) is 13.2 Å². The monoisotopic (exact) mass is 300 g/mol. The summed E-state index contributed by atoms with van der Waals surface area (Å²) in [6.07, 6.45) is -3.83. The molecule has 0 aromatic heterocycles. The first-order chi connectivity index (χ1) is 7.93. The summed E-state index contributed by atoms with van der Waals surface area (Å²) in [6.45, 7) is 11.1. The first-order valence-corrected chi connectivity index (χ1v) is 10.2. The van der Waals surface area contributed by atoms with Crippen LogP contribution in [-0.2, 0) is 4.43 Å². The van der Waals surface area contributed by atoms with Crippen molar-refractivity contribution in [2.75, 3.05) is 12.4 Å². The molecule has 0 radical (unpaired) electrons. The zero-order valence-electron chi connectivity index (χ0n) is 11.7. The Morgan fingerprint density at radius 3 is 2.17 bits per heavy atom. The molecule has 1 aliphatic rings. The molecule has 0 N–H and O–H groups in total. The van der Waals surface area contributed by atoms with E-state index in [9.17, 15) is 13.2 Å². The first-order valence-electron chi connectivity index (χ1n) is 6.26. The zero-order chi connectivity index (χ0) is 14.2. The van der Waals surface area contributed by atoms with Gasteiger partial charge in [0.25, 0.3) is 0 Å². The van der Waals surface area contributed by atoms with E-state index in [4.69, 9.17) is 4.43 Å². The van der Waals surface area contributed by atoms with Gasteiger partial charge in [-0.2, -0.15) is 24.9 Å². The van der Waals surface area contributed by atoms with Gasteiger partial charge in [-0.15, -0.1) is 0 Å². The maximum atomic E-state index is 12.6. The third kappa shape index (κ3) is 4.16. The van der Waals surface area contributed by atoms with Crippen molar-refractivity contribution in [1.29, 1.82) is 0 Å². The molecule has 0 aromatic rings. The third-order valence-corrected chi connectivity index (χ3v) is 9.88. The van der Waals surface area contributed by atoms with Gasteiger partial charge in [0.1, 0.15) is 0 Å². The summed E-state index contributed by atoms with van der Waals surface area (Å²) in [6, 6.07) is 0. The van der Waals surface area contributed by atoms with Crippen LogP contribution in [0.3, 0.4) is 0 Å². The Bertz CT molecular complexity index is 286. The standard InChI is InChI=1S/C12H23F3OSSi/c1-11(2,3)18(4,5)16-7-10-6-9(8-17-10)12(13,14)15/h9-10H,6-8H2,1-5H3/t9-,10+/m0/s1. The maximum absolute atomic E-state index is 12.6. The minimum atomic E-state index is -4.04. The molecule has 1 rings (SSSR count). The number of thioether (sulfide) groups is 1. The summed E-state index contributed by atoms with van der Waals surface area (Å²) in [7, 11) is -1.83. The van der Waals surface area contributed by atoms with E-state index in [-0.39, 0.29) is 22.5 Å². The van der Waals surface area contributed by atoms with Crippen molar-refractivity contribution in [2.24, 2.45) is 5.92 Å². The molecule has 0 bridgehead atoms. The highest BCUT2D eigenvalue weighted by atomic mass is 32.2. The van der Waals surface area contributed by atoms with E-state index < -0.39 is 20.4 Å². The van der Waals surface area contributed by atoms with E-state index in [1.807, 2.05) is 0 Å². The highest BCUT2D eigenvalue weighted by molar-refractivity contribution is 8.00. The predicted molar refractivity (Wildman–Crippen MR) is 73.6 cm³/mol. The molecule has 0 spiro atoms. The molecule has 0 amide bonds. The molecule has 0 unspecified atom stereocenters. The highest BCUT2D eigenvalue weighted by Gasteiger charge is 2.45. The van der Waals surface area contributed by atoms with E-state index in [0.717, 1.165) is 0 Å². The van der Waals surface area contributed by atoms with Gasteiger partial charge in [0.15, 0.2) is 8.32 Å². The second kappa shape index (κ2) is 5.36. The number of halogens is 3. The fraction of sp³-hybridized carbons (Fsp3) is 1.00. The van der Waals surface area contributed by atoms with E-state index in [2.05, 4.69) is 33.9 Å². The van der Waals surface area contributed by atoms with Gasteiger partial charge in [-0.1, -0.05) is 20.8 Å². The van der Waals surface area contributed by atoms with Gasteiger partial charge in [-0.25, -0.2) is 0 Å². The summed E-state index contributed by atoms with van der Waals surface area (Å²) in [5.74, 6) is -0.954. The minimum absolute atomic E-state index is 0.00532. The fourth-order valence-corrected chi connectivity index (χ4v) is 4.10. The lowest BCUT2D eigenvalue weighted by molar-refractivity contribution is -0.168. The molecular formula is C12H23F3OSSi. The van der Waals surface area contributed by atoms with E-state index >= 15 is 0 Å². The molecule has 0 saturated carbocycles. The average molecular weight is 300 g/mol. The maximum Gasteiger partial charge on any atom is 0.392 e. The molecular weight excluding hydrogens is 277 g/mol. The van der Waals surface area contributed by atoms with Crippen molar-refractivity contribution >= 4 is 20.1 Å². The van der Waals surface area contributed by atoms with Gasteiger partial charge in [0, 0.05) is 17.6 Å². The highest BCUT2D eigenvalue weighted by Crippen LogP contribution is 2.42. The lowest BCUT2D eigenvalue weighted by Crippen LogP contribution is -2.42. The van der Waals surface area contributed by atoms with Crippen molar-refractivity contribution in [3.63, 3.8) is 0 Å². The predicted octanol–water partition coefficient (Wildman–Crippen LogP) is 4.69. The van der Waals surface area contributed by atoms with Gasteiger partial charge in [0.05, 0.1) is 5.92 Å². The van der Waals surface area contributed by atoms with Crippen LogP contribution >= 0.6 is 11.8 Å². The molecule has 108 valence electrons. The van der Waals surface area contributed by atoms with Crippen LogP contribution in [-0.4, -0.2) is 32.1 Å². The van der Waals surface area contributed by atoms with Crippen LogP contribution in [0.25, 0.3) is 0 Å². The van der Waals surface area contributed by atoms with Crippen LogP contribution in [0.15, 0.2) is 0 Å². The number of rotatable bonds is 3. The SMILES string of the molecule is CC(C)(C)[Si](C)(C)OC[C@H]1C[C@H](C(F)(F)F)CS1. The van der Waals surface area contributed by atoms with Crippen LogP contribution in [0.5, 0.6) is 0 Å². The molecule has 6 heteroatoms. The van der Waals surface area contributed by atoms with E-state index in [1.165, 1.54) is 11.8 Å². The lowest BCUT2D eigenvalue weighted by atomic mass is 10.1. The van der Waals surface area contributed by atoms with Crippen LogP contribution in [0.1, 0.15) is 27.2 Å². The smallest absolute Gasteiger partial charge is 0.392 e. The quantitative estimate of drug-likeness (QED) is 0.699. The molecule has 1 nitrogen and oxygen atoms in total. The summed E-state index contributed by atoms with van der Waals surface area (Å²) in [5, 5.41) is 0.116. The van der Waals surface area contributed by atoms with Crippen molar-refractivity contribution < 1.29 is 17.6 Å². The van der Waals surface area contributed by atoms with E-state index in [1.54, 1.807) is 0 Å². The Kier molecular flexibility index (Phi) is 4.88. The Balaban J connectivity index is 2.43. The second-order valence-electron chi connectivity index (χ2n) is 6.50. The van der Waals surface area contributed by atoms with Gasteiger partial charge >= 0.3 is 6.18 Å². The minimum Gasteiger partial charge on any atom is -0.416 e. The Hall–Kier alpha value is 0.317. The Morgan fingerprint density at radius 2 is 1.78 bits per heavy atom. The Morgan fingerprint density at radius 1 is 1.22 bits per heavy atom. The first kappa shape index (κ1) is 16.4. The zero-order valence-corrected chi connectivity index (χ0v) is 13.5.